The summed E-state index contributed by atoms with van der Waals surface area (Å²) in [5, 5.41) is 22.4. The van der Waals surface area contributed by atoms with E-state index < -0.39 is 45.3 Å². The molecule has 10 nitrogen and oxygen atoms in total. The molecule has 0 spiro atoms. The van der Waals surface area contributed by atoms with E-state index in [1.807, 2.05) is 0 Å². The van der Waals surface area contributed by atoms with Crippen LogP contribution in [0.1, 0.15) is 39.1 Å². The van der Waals surface area contributed by atoms with E-state index in [2.05, 4.69) is 21.3 Å². The zero-order chi connectivity index (χ0) is 27.2. The Hall–Kier alpha value is -3.71. The van der Waals surface area contributed by atoms with Gasteiger partial charge in [-0.15, -0.1) is 0 Å². The van der Waals surface area contributed by atoms with E-state index in [4.69, 9.17) is 11.6 Å². The minimum absolute atomic E-state index is 0.0121. The molecule has 1 fully saturated rings. The highest BCUT2D eigenvalue weighted by atomic mass is 35.5. The first-order chi connectivity index (χ1) is 17.4. The third-order valence-corrected chi connectivity index (χ3v) is 6.02. The van der Waals surface area contributed by atoms with E-state index in [-0.39, 0.29) is 31.8 Å². The number of hydrogen-bond donors (Lipinski definition) is 4. The molecule has 0 aromatic heterocycles. The van der Waals surface area contributed by atoms with Crippen LogP contribution in [0.25, 0.3) is 0 Å². The number of carbonyl (C=O) groups is 3. The summed E-state index contributed by atoms with van der Waals surface area (Å²) in [5.74, 6) is -2.03. The molecule has 37 heavy (non-hydrogen) atoms. The Morgan fingerprint density at radius 1 is 0.973 bits per heavy atom. The van der Waals surface area contributed by atoms with Crippen LogP contribution in [0, 0.1) is 10.1 Å². The molecule has 0 atom stereocenters. The number of alkyl halides is 3. The lowest BCUT2D eigenvalue weighted by Crippen LogP contribution is -2.63. The van der Waals surface area contributed by atoms with Gasteiger partial charge in [-0.25, -0.2) is 0 Å². The maximum Gasteiger partial charge on any atom is 0.416 e. The van der Waals surface area contributed by atoms with Crippen molar-refractivity contribution in [1.82, 2.24) is 21.3 Å². The van der Waals surface area contributed by atoms with Gasteiger partial charge in [-0.2, -0.15) is 13.2 Å². The van der Waals surface area contributed by atoms with Crippen molar-refractivity contribution in [2.45, 2.75) is 24.6 Å². The third-order valence-electron chi connectivity index (χ3n) is 5.77. The molecule has 0 saturated carbocycles. The number of nitrogens with zero attached hydrogens (tertiary/aromatic N) is 1. The Bertz CT molecular complexity index is 1180. The van der Waals surface area contributed by atoms with E-state index in [9.17, 15) is 37.7 Å². The van der Waals surface area contributed by atoms with Crippen molar-refractivity contribution in [3.05, 3.63) is 74.3 Å². The van der Waals surface area contributed by atoms with Gasteiger partial charge in [0.15, 0.2) is 0 Å². The van der Waals surface area contributed by atoms with Crippen molar-refractivity contribution in [2.75, 3.05) is 26.2 Å². The maximum atomic E-state index is 13.2. The van der Waals surface area contributed by atoms with Crippen LogP contribution >= 0.6 is 11.6 Å². The number of amides is 3. The van der Waals surface area contributed by atoms with Gasteiger partial charge in [-0.3, -0.25) is 24.5 Å². The largest absolute Gasteiger partial charge is 0.416 e. The van der Waals surface area contributed by atoms with Crippen LogP contribution in [-0.4, -0.2) is 54.4 Å². The average Bonchev–Trinajstić information content (AvgIpc) is 2.86. The molecule has 4 N–H and O–H groups in total. The van der Waals surface area contributed by atoms with E-state index in [1.54, 1.807) is 12.1 Å². The number of carbonyl (C=O) groups excluding carboxylic acids is 3. The van der Waals surface area contributed by atoms with Crippen molar-refractivity contribution in [1.29, 1.82) is 0 Å². The number of non-ortho nitro benzene ring substituents is 1. The zero-order valence-corrected chi connectivity index (χ0v) is 20.0. The smallest absolute Gasteiger partial charge is 0.352 e. The fraction of sp³-hybridized carbons (Fsp3) is 0.348. The summed E-state index contributed by atoms with van der Waals surface area (Å²) in [5.41, 5.74) is -3.95. The van der Waals surface area contributed by atoms with Gasteiger partial charge in [0.25, 0.3) is 17.5 Å². The quantitative estimate of drug-likeness (QED) is 0.230. The summed E-state index contributed by atoms with van der Waals surface area (Å²) in [6, 6.07) is 7.75. The number of hydrogen-bond acceptors (Lipinski definition) is 6. The van der Waals surface area contributed by atoms with Crippen molar-refractivity contribution < 1.29 is 32.5 Å². The second kappa shape index (κ2) is 11.6. The molecular formula is C23H23ClF3N5O5. The number of rotatable bonds is 8. The number of piperidine rings is 1. The van der Waals surface area contributed by atoms with Crippen LogP contribution in [0.3, 0.4) is 0 Å². The summed E-state index contributed by atoms with van der Waals surface area (Å²) in [4.78, 5) is 48.2. The van der Waals surface area contributed by atoms with E-state index >= 15 is 0 Å². The van der Waals surface area contributed by atoms with Crippen LogP contribution in [0.15, 0.2) is 42.5 Å². The minimum Gasteiger partial charge on any atom is -0.352 e. The average molecular weight is 542 g/mol. The van der Waals surface area contributed by atoms with Gasteiger partial charge in [0.05, 0.1) is 10.5 Å². The molecule has 198 valence electrons. The van der Waals surface area contributed by atoms with Gasteiger partial charge in [-0.05, 0) is 56.3 Å². The molecule has 0 radical (unpaired) electrons. The summed E-state index contributed by atoms with van der Waals surface area (Å²) in [6.07, 6.45) is -4.66. The molecule has 0 bridgehead atoms. The first-order valence-corrected chi connectivity index (χ1v) is 11.5. The fourth-order valence-corrected chi connectivity index (χ4v) is 3.91. The van der Waals surface area contributed by atoms with Crippen molar-refractivity contribution >= 4 is 35.0 Å². The Kier molecular flexibility index (Phi) is 8.71. The van der Waals surface area contributed by atoms with Crippen LogP contribution in [0.4, 0.5) is 18.9 Å². The van der Waals surface area contributed by atoms with E-state index in [0.717, 1.165) is 6.07 Å². The number of halogens is 4. The van der Waals surface area contributed by atoms with E-state index in [0.29, 0.717) is 35.8 Å². The molecule has 1 heterocycles. The van der Waals surface area contributed by atoms with Crippen LogP contribution in [0.2, 0.25) is 5.02 Å². The van der Waals surface area contributed by atoms with Gasteiger partial charge >= 0.3 is 6.18 Å². The summed E-state index contributed by atoms with van der Waals surface area (Å²) < 4.78 is 39.7. The standard InChI is InChI=1S/C23H23ClF3N5O5/c24-17-3-1-14(2-4-17)19(33)29-9-10-30-21(35)22(5-7-28-8-6-22)31-20(34)15-11-16(23(25,26)27)13-18(12-15)32(36)37/h1-4,11-13,28H,5-10H2,(H,29,33)(H,30,35)(H,31,34). The maximum absolute atomic E-state index is 13.2. The summed E-state index contributed by atoms with van der Waals surface area (Å²) in [6.45, 7) is 0.751. The van der Waals surface area contributed by atoms with Crippen LogP contribution in [-0.2, 0) is 11.0 Å². The number of nitro groups is 1. The van der Waals surface area contributed by atoms with Crippen molar-refractivity contribution in [3.63, 3.8) is 0 Å². The monoisotopic (exact) mass is 541 g/mol. The zero-order valence-electron chi connectivity index (χ0n) is 19.3. The van der Waals surface area contributed by atoms with E-state index in [1.165, 1.54) is 12.1 Å². The highest BCUT2D eigenvalue weighted by Crippen LogP contribution is 2.33. The summed E-state index contributed by atoms with van der Waals surface area (Å²) in [7, 11) is 0. The fourth-order valence-electron chi connectivity index (χ4n) is 3.79. The number of benzene rings is 2. The van der Waals surface area contributed by atoms with Gasteiger partial charge in [0.2, 0.25) is 5.91 Å². The van der Waals surface area contributed by atoms with Crippen molar-refractivity contribution in [3.8, 4) is 0 Å². The predicted octanol–water partition coefficient (Wildman–Crippen LogP) is 2.67. The lowest BCUT2D eigenvalue weighted by atomic mass is 9.86. The Labute approximate surface area is 214 Å². The number of nitrogens with one attached hydrogen (secondary N) is 4. The van der Waals surface area contributed by atoms with Gasteiger partial charge in [0.1, 0.15) is 5.54 Å². The van der Waals surface area contributed by atoms with Gasteiger partial charge < -0.3 is 21.3 Å². The first-order valence-electron chi connectivity index (χ1n) is 11.1. The third kappa shape index (κ3) is 7.17. The molecule has 14 heteroatoms. The predicted molar refractivity (Wildman–Crippen MR) is 127 cm³/mol. The highest BCUT2D eigenvalue weighted by molar-refractivity contribution is 6.30. The normalized spacial score (nSPS) is 14.9. The molecule has 1 aliphatic rings. The highest BCUT2D eigenvalue weighted by Gasteiger charge is 2.41. The molecule has 0 aliphatic carbocycles. The second-order valence-corrected chi connectivity index (χ2v) is 8.76. The lowest BCUT2D eigenvalue weighted by Gasteiger charge is -2.37. The van der Waals surface area contributed by atoms with Crippen LogP contribution < -0.4 is 21.3 Å². The second-order valence-electron chi connectivity index (χ2n) is 8.33. The van der Waals surface area contributed by atoms with Gasteiger partial charge in [0, 0.05) is 41.4 Å². The Morgan fingerprint density at radius 2 is 1.59 bits per heavy atom. The summed E-state index contributed by atoms with van der Waals surface area (Å²) >= 11 is 5.80. The SMILES string of the molecule is O=C(NCCNC(=O)C1(NC(=O)c2cc([N+](=O)[O-])cc(C(F)(F)F)c2)CCNCC1)c1ccc(Cl)cc1. The molecule has 2 aromatic carbocycles. The number of nitro benzene ring substituents is 1. The first kappa shape index (κ1) is 27.9. The molecule has 0 unspecified atom stereocenters. The molecule has 3 rings (SSSR count). The molecular weight excluding hydrogens is 519 g/mol. The topological polar surface area (TPSA) is 142 Å². The molecule has 2 aromatic rings. The Morgan fingerprint density at radius 3 is 2.19 bits per heavy atom. The minimum atomic E-state index is -4.92. The Balaban J connectivity index is 1.69. The molecule has 1 saturated heterocycles. The van der Waals surface area contributed by atoms with Gasteiger partial charge in [-0.1, -0.05) is 11.6 Å². The van der Waals surface area contributed by atoms with Crippen molar-refractivity contribution in [2.24, 2.45) is 0 Å². The lowest BCUT2D eigenvalue weighted by molar-refractivity contribution is -0.385. The molecule has 1 aliphatic heterocycles. The van der Waals surface area contributed by atoms with Crippen LogP contribution in [0.5, 0.6) is 0 Å². The molecule has 3 amide bonds.